The Kier molecular flexibility index (Phi) is 5.33. The minimum absolute atomic E-state index is 0.0553. The van der Waals surface area contributed by atoms with Crippen LogP contribution in [0.4, 0.5) is 5.69 Å². The van der Waals surface area contributed by atoms with E-state index in [-0.39, 0.29) is 12.5 Å². The number of rotatable bonds is 6. The summed E-state index contributed by atoms with van der Waals surface area (Å²) >= 11 is 0. The second kappa shape index (κ2) is 7.50. The van der Waals surface area contributed by atoms with Crippen molar-refractivity contribution in [3.63, 3.8) is 0 Å². The second-order valence-electron chi connectivity index (χ2n) is 7.16. The van der Waals surface area contributed by atoms with Gasteiger partial charge >= 0.3 is 5.97 Å². The van der Waals surface area contributed by atoms with Crippen LogP contribution in [0.1, 0.15) is 49.3 Å². The van der Waals surface area contributed by atoms with Crippen molar-refractivity contribution in [2.75, 3.05) is 11.4 Å². The van der Waals surface area contributed by atoms with Gasteiger partial charge in [-0.05, 0) is 55.0 Å². The van der Waals surface area contributed by atoms with Crippen LogP contribution in [0.2, 0.25) is 0 Å². The largest absolute Gasteiger partial charge is 0.481 e. The van der Waals surface area contributed by atoms with Crippen LogP contribution >= 0.6 is 0 Å². The van der Waals surface area contributed by atoms with Gasteiger partial charge in [0, 0.05) is 18.3 Å². The maximum Gasteiger partial charge on any atom is 0.305 e. The van der Waals surface area contributed by atoms with Crippen LogP contribution in [-0.2, 0) is 10.4 Å². The van der Waals surface area contributed by atoms with E-state index in [1.54, 1.807) is 0 Å². The zero-order chi connectivity index (χ0) is 18.7. The molecule has 1 heterocycles. The van der Waals surface area contributed by atoms with Gasteiger partial charge in [0.15, 0.2) is 0 Å². The molecule has 3 rings (SSSR count). The van der Waals surface area contributed by atoms with E-state index in [2.05, 4.69) is 4.90 Å². The third-order valence-electron chi connectivity index (χ3n) is 5.57. The molecule has 1 aliphatic heterocycles. The summed E-state index contributed by atoms with van der Waals surface area (Å²) in [5, 5.41) is 20.5. The van der Waals surface area contributed by atoms with Crippen LogP contribution in [0, 0.1) is 6.92 Å². The molecule has 2 unspecified atom stereocenters. The molecule has 1 fully saturated rings. The molecule has 1 aliphatic rings. The van der Waals surface area contributed by atoms with Gasteiger partial charge in [0.05, 0.1) is 6.42 Å². The molecule has 0 aliphatic carbocycles. The predicted octanol–water partition coefficient (Wildman–Crippen LogP) is 4.08. The van der Waals surface area contributed by atoms with Gasteiger partial charge in [0.1, 0.15) is 5.60 Å². The highest BCUT2D eigenvalue weighted by Gasteiger charge is 2.32. The van der Waals surface area contributed by atoms with Gasteiger partial charge in [0.25, 0.3) is 0 Å². The van der Waals surface area contributed by atoms with Gasteiger partial charge in [0.2, 0.25) is 0 Å². The molecule has 4 heteroatoms. The quantitative estimate of drug-likeness (QED) is 0.821. The fourth-order valence-electron chi connectivity index (χ4n) is 4.11. The van der Waals surface area contributed by atoms with Crippen LogP contribution in [0.5, 0.6) is 0 Å². The number of carbonyl (C=O) groups is 1. The lowest BCUT2D eigenvalue weighted by Crippen LogP contribution is -2.31. The lowest BCUT2D eigenvalue weighted by Gasteiger charge is -2.31. The number of carboxylic acids is 1. The summed E-state index contributed by atoms with van der Waals surface area (Å²) in [5.74, 6) is -0.751. The summed E-state index contributed by atoms with van der Waals surface area (Å²) in [5.41, 5.74) is 2.88. The molecule has 0 saturated carbocycles. The summed E-state index contributed by atoms with van der Waals surface area (Å²) in [6, 6.07) is 16.0. The maximum atomic E-state index is 11.4. The fourth-order valence-corrected chi connectivity index (χ4v) is 4.11. The molecule has 0 amide bonds. The molecular formula is C22H27NO3. The zero-order valence-electron chi connectivity index (χ0n) is 15.5. The number of carboxylic acid groups (broad SMARTS) is 1. The van der Waals surface area contributed by atoms with Crippen LogP contribution in [0.25, 0.3) is 0 Å². The Morgan fingerprint density at radius 2 is 1.88 bits per heavy atom. The van der Waals surface area contributed by atoms with E-state index in [1.165, 1.54) is 0 Å². The van der Waals surface area contributed by atoms with E-state index in [1.807, 2.05) is 62.4 Å². The Hall–Kier alpha value is -2.33. The van der Waals surface area contributed by atoms with Crippen molar-refractivity contribution in [3.05, 3.63) is 65.2 Å². The molecule has 0 aromatic heterocycles. The molecular weight excluding hydrogens is 326 g/mol. The van der Waals surface area contributed by atoms with Crippen molar-refractivity contribution in [2.24, 2.45) is 0 Å². The first-order valence-corrected chi connectivity index (χ1v) is 9.33. The third kappa shape index (κ3) is 3.47. The topological polar surface area (TPSA) is 60.8 Å². The number of hydrogen-bond donors (Lipinski definition) is 2. The number of hydrogen-bond acceptors (Lipinski definition) is 3. The van der Waals surface area contributed by atoms with Crippen molar-refractivity contribution in [1.82, 2.24) is 0 Å². The third-order valence-corrected chi connectivity index (χ3v) is 5.57. The number of nitrogens with zero attached hydrogens (tertiary/aromatic N) is 1. The van der Waals surface area contributed by atoms with Crippen LogP contribution in [0.3, 0.4) is 0 Å². The van der Waals surface area contributed by atoms with Gasteiger partial charge in [-0.2, -0.15) is 0 Å². The second-order valence-corrected chi connectivity index (χ2v) is 7.16. The standard InChI is InChI=1S/C22H27NO3/c1-3-22(26,20-9-5-4-7-16(20)2)17-10-12-18(13-11-17)23-14-6-8-19(23)15-21(24)25/h4-5,7,9-13,19,26H,3,6,8,14-15H2,1-2H3,(H,24,25). The smallest absolute Gasteiger partial charge is 0.305 e. The van der Waals surface area contributed by atoms with Crippen molar-refractivity contribution < 1.29 is 15.0 Å². The van der Waals surface area contributed by atoms with Crippen LogP contribution in [0.15, 0.2) is 48.5 Å². The first-order valence-electron chi connectivity index (χ1n) is 9.33. The van der Waals surface area contributed by atoms with Crippen LogP contribution in [-0.4, -0.2) is 28.8 Å². The van der Waals surface area contributed by atoms with Crippen molar-refractivity contribution in [1.29, 1.82) is 0 Å². The molecule has 2 N–H and O–H groups in total. The van der Waals surface area contributed by atoms with Crippen LogP contribution < -0.4 is 4.90 Å². The Morgan fingerprint density at radius 1 is 1.19 bits per heavy atom. The van der Waals surface area contributed by atoms with Crippen molar-refractivity contribution in [3.8, 4) is 0 Å². The van der Waals surface area contributed by atoms with E-state index >= 15 is 0 Å². The minimum atomic E-state index is -1.02. The lowest BCUT2D eigenvalue weighted by atomic mass is 9.82. The highest BCUT2D eigenvalue weighted by molar-refractivity contribution is 5.69. The molecule has 4 nitrogen and oxygen atoms in total. The normalized spacial score (nSPS) is 19.3. The SMILES string of the molecule is CCC(O)(c1ccc(N2CCCC2CC(=O)O)cc1)c1ccccc1C. The van der Waals surface area contributed by atoms with Crippen molar-refractivity contribution in [2.45, 2.75) is 51.2 Å². The summed E-state index contributed by atoms with van der Waals surface area (Å²) < 4.78 is 0. The number of aliphatic hydroxyl groups is 1. The van der Waals surface area contributed by atoms with E-state index in [9.17, 15) is 9.90 Å². The summed E-state index contributed by atoms with van der Waals surface area (Å²) in [6.45, 7) is 4.89. The first-order chi connectivity index (χ1) is 12.5. The highest BCUT2D eigenvalue weighted by Crippen LogP contribution is 2.36. The minimum Gasteiger partial charge on any atom is -0.481 e. The van der Waals surface area contributed by atoms with Gasteiger partial charge < -0.3 is 15.1 Å². The Labute approximate surface area is 155 Å². The number of benzene rings is 2. The van der Waals surface area contributed by atoms with Gasteiger partial charge in [-0.15, -0.1) is 0 Å². The summed E-state index contributed by atoms with van der Waals surface area (Å²) in [6.07, 6.45) is 2.68. The monoisotopic (exact) mass is 353 g/mol. The highest BCUT2D eigenvalue weighted by atomic mass is 16.4. The van der Waals surface area contributed by atoms with E-state index in [0.29, 0.717) is 6.42 Å². The molecule has 26 heavy (non-hydrogen) atoms. The lowest BCUT2D eigenvalue weighted by molar-refractivity contribution is -0.137. The van der Waals surface area contributed by atoms with E-state index in [4.69, 9.17) is 5.11 Å². The molecule has 2 atom stereocenters. The van der Waals surface area contributed by atoms with Crippen molar-refractivity contribution >= 4 is 11.7 Å². The molecule has 2 aromatic carbocycles. The number of anilines is 1. The van der Waals surface area contributed by atoms with Gasteiger partial charge in [-0.1, -0.05) is 43.3 Å². The average molecular weight is 353 g/mol. The number of aryl methyl sites for hydroxylation is 1. The Morgan fingerprint density at radius 3 is 2.50 bits per heavy atom. The summed E-state index contributed by atoms with van der Waals surface area (Å²) in [7, 11) is 0. The van der Waals surface area contributed by atoms with Gasteiger partial charge in [-0.3, -0.25) is 4.79 Å². The molecule has 0 bridgehead atoms. The van der Waals surface area contributed by atoms with Gasteiger partial charge in [-0.25, -0.2) is 0 Å². The molecule has 0 spiro atoms. The average Bonchev–Trinajstić information content (AvgIpc) is 3.09. The predicted molar refractivity (Wildman–Crippen MR) is 104 cm³/mol. The molecule has 2 aromatic rings. The summed E-state index contributed by atoms with van der Waals surface area (Å²) in [4.78, 5) is 13.3. The molecule has 0 radical (unpaired) electrons. The molecule has 138 valence electrons. The zero-order valence-corrected chi connectivity index (χ0v) is 15.5. The first kappa shape index (κ1) is 18.5. The Balaban J connectivity index is 1.89. The maximum absolute atomic E-state index is 11.4. The van der Waals surface area contributed by atoms with E-state index < -0.39 is 11.6 Å². The fraction of sp³-hybridized carbons (Fsp3) is 0.409. The Bertz CT molecular complexity index is 771. The number of aliphatic carboxylic acids is 1. The van der Waals surface area contributed by atoms with E-state index in [0.717, 1.165) is 41.8 Å². The molecule has 1 saturated heterocycles.